The van der Waals surface area contributed by atoms with Crippen molar-refractivity contribution in [1.82, 2.24) is 10.6 Å². The van der Waals surface area contributed by atoms with E-state index in [4.69, 9.17) is 0 Å². The molecular formula is C17H24N4O. The summed E-state index contributed by atoms with van der Waals surface area (Å²) in [5.41, 5.74) is 2.30. The van der Waals surface area contributed by atoms with E-state index in [2.05, 4.69) is 21.7 Å². The summed E-state index contributed by atoms with van der Waals surface area (Å²) in [5, 5.41) is 6.55. The number of carbonyl (C=O) groups is 1. The van der Waals surface area contributed by atoms with Gasteiger partial charge in [-0.1, -0.05) is 31.0 Å². The number of nitrogens with zero attached hydrogens (tertiary/aromatic N) is 2. The van der Waals surface area contributed by atoms with Gasteiger partial charge in [0, 0.05) is 25.3 Å². The fraction of sp³-hybridized carbons (Fsp3) is 0.529. The van der Waals surface area contributed by atoms with E-state index in [9.17, 15) is 4.79 Å². The lowest BCUT2D eigenvalue weighted by atomic mass is 10.2. The van der Waals surface area contributed by atoms with Crippen LogP contribution in [0.25, 0.3) is 0 Å². The molecule has 0 saturated heterocycles. The number of rotatable bonds is 3. The normalized spacial score (nSPS) is 18.4. The number of anilines is 1. The Bertz CT molecular complexity index is 564. The maximum absolute atomic E-state index is 12.4. The van der Waals surface area contributed by atoms with Crippen LogP contribution in [0, 0.1) is 0 Å². The summed E-state index contributed by atoms with van der Waals surface area (Å²) in [6.45, 7) is 1.05. The van der Waals surface area contributed by atoms with E-state index in [0.29, 0.717) is 6.04 Å². The van der Waals surface area contributed by atoms with E-state index in [1.165, 1.54) is 31.2 Å². The summed E-state index contributed by atoms with van der Waals surface area (Å²) < 4.78 is 0. The van der Waals surface area contributed by atoms with Crippen molar-refractivity contribution in [3.63, 3.8) is 0 Å². The van der Waals surface area contributed by atoms with Gasteiger partial charge in [0.25, 0.3) is 0 Å². The van der Waals surface area contributed by atoms with Crippen LogP contribution in [-0.2, 0) is 11.2 Å². The SMILES string of the molecule is CN=C(NCC(=O)N1CCc2ccccc21)NC1CCCC1. The van der Waals surface area contributed by atoms with Gasteiger partial charge in [-0.3, -0.25) is 9.79 Å². The van der Waals surface area contributed by atoms with Gasteiger partial charge >= 0.3 is 0 Å². The molecule has 2 N–H and O–H groups in total. The third-order valence-corrected chi connectivity index (χ3v) is 4.51. The summed E-state index contributed by atoms with van der Waals surface area (Å²) in [7, 11) is 1.75. The topological polar surface area (TPSA) is 56.7 Å². The summed E-state index contributed by atoms with van der Waals surface area (Å²) in [5.74, 6) is 0.826. The van der Waals surface area contributed by atoms with E-state index < -0.39 is 0 Å². The molecule has 1 heterocycles. The maximum Gasteiger partial charge on any atom is 0.246 e. The highest BCUT2D eigenvalue weighted by molar-refractivity contribution is 5.98. The second-order valence-electron chi connectivity index (χ2n) is 5.98. The van der Waals surface area contributed by atoms with Crippen LogP contribution in [0.15, 0.2) is 29.3 Å². The minimum Gasteiger partial charge on any atom is -0.354 e. The quantitative estimate of drug-likeness (QED) is 0.660. The second-order valence-corrected chi connectivity index (χ2v) is 5.98. The zero-order valence-corrected chi connectivity index (χ0v) is 13.1. The lowest BCUT2D eigenvalue weighted by molar-refractivity contribution is -0.117. The zero-order chi connectivity index (χ0) is 15.4. The van der Waals surface area contributed by atoms with Crippen molar-refractivity contribution in [2.75, 3.05) is 25.0 Å². The van der Waals surface area contributed by atoms with Crippen molar-refractivity contribution in [2.24, 2.45) is 4.99 Å². The number of benzene rings is 1. The van der Waals surface area contributed by atoms with Crippen LogP contribution in [0.5, 0.6) is 0 Å². The highest BCUT2D eigenvalue weighted by Gasteiger charge is 2.24. The van der Waals surface area contributed by atoms with Crippen molar-refractivity contribution in [3.8, 4) is 0 Å². The first-order valence-electron chi connectivity index (χ1n) is 8.13. The molecule has 1 saturated carbocycles. The van der Waals surface area contributed by atoms with Gasteiger partial charge in [0.15, 0.2) is 5.96 Å². The molecule has 22 heavy (non-hydrogen) atoms. The molecule has 5 nitrogen and oxygen atoms in total. The van der Waals surface area contributed by atoms with Crippen LogP contribution in [0.3, 0.4) is 0 Å². The van der Waals surface area contributed by atoms with E-state index in [0.717, 1.165) is 24.6 Å². The minimum atomic E-state index is 0.0966. The van der Waals surface area contributed by atoms with Crippen molar-refractivity contribution < 1.29 is 4.79 Å². The van der Waals surface area contributed by atoms with Gasteiger partial charge in [0.2, 0.25) is 5.91 Å². The maximum atomic E-state index is 12.4. The second kappa shape index (κ2) is 6.81. The standard InChI is InChI=1S/C17H24N4O/c1-18-17(20-14-7-3-4-8-14)19-12-16(22)21-11-10-13-6-2-5-9-15(13)21/h2,5-6,9,14H,3-4,7-8,10-12H2,1H3,(H2,18,19,20). The largest absolute Gasteiger partial charge is 0.354 e. The molecular weight excluding hydrogens is 276 g/mol. The Labute approximate surface area is 131 Å². The van der Waals surface area contributed by atoms with Gasteiger partial charge in [0.1, 0.15) is 0 Å². The predicted octanol–water partition coefficient (Wildman–Crippen LogP) is 1.68. The van der Waals surface area contributed by atoms with E-state index in [1.807, 2.05) is 23.1 Å². The van der Waals surface area contributed by atoms with Crippen LogP contribution in [0.1, 0.15) is 31.2 Å². The zero-order valence-electron chi connectivity index (χ0n) is 13.1. The molecule has 1 aromatic rings. The first kappa shape index (κ1) is 14.9. The molecule has 118 valence electrons. The van der Waals surface area contributed by atoms with Gasteiger partial charge in [-0.05, 0) is 30.9 Å². The van der Waals surface area contributed by atoms with Crippen LogP contribution in [0.2, 0.25) is 0 Å². The van der Waals surface area contributed by atoms with Gasteiger partial charge in [-0.15, -0.1) is 0 Å². The molecule has 1 aromatic carbocycles. The lowest BCUT2D eigenvalue weighted by Crippen LogP contribution is -2.46. The van der Waals surface area contributed by atoms with Crippen molar-refractivity contribution in [1.29, 1.82) is 0 Å². The fourth-order valence-corrected chi connectivity index (χ4v) is 3.31. The number of amides is 1. The predicted molar refractivity (Wildman–Crippen MR) is 89.3 cm³/mol. The molecule has 2 aliphatic rings. The first-order chi connectivity index (χ1) is 10.8. The minimum absolute atomic E-state index is 0.0966. The number of nitrogens with one attached hydrogen (secondary N) is 2. The van der Waals surface area contributed by atoms with Crippen LogP contribution in [0.4, 0.5) is 5.69 Å². The Morgan fingerprint density at radius 2 is 2.09 bits per heavy atom. The highest BCUT2D eigenvalue weighted by atomic mass is 16.2. The number of hydrogen-bond donors (Lipinski definition) is 2. The Balaban J connectivity index is 1.54. The van der Waals surface area contributed by atoms with E-state index >= 15 is 0 Å². The monoisotopic (exact) mass is 300 g/mol. The van der Waals surface area contributed by atoms with E-state index in [1.54, 1.807) is 7.05 Å². The molecule has 0 spiro atoms. The van der Waals surface area contributed by atoms with E-state index in [-0.39, 0.29) is 12.5 Å². The molecule has 0 unspecified atom stereocenters. The molecule has 1 amide bonds. The van der Waals surface area contributed by atoms with Crippen molar-refractivity contribution >= 4 is 17.6 Å². The Morgan fingerprint density at radius 1 is 1.32 bits per heavy atom. The smallest absolute Gasteiger partial charge is 0.246 e. The summed E-state index contributed by atoms with van der Waals surface area (Å²) in [4.78, 5) is 18.5. The summed E-state index contributed by atoms with van der Waals surface area (Å²) in [6, 6.07) is 8.62. The average Bonchev–Trinajstić information content (AvgIpc) is 3.20. The molecule has 0 bridgehead atoms. The van der Waals surface area contributed by atoms with Gasteiger partial charge in [-0.25, -0.2) is 0 Å². The molecule has 0 aromatic heterocycles. The number of carbonyl (C=O) groups excluding carboxylic acids is 1. The molecule has 0 radical (unpaired) electrons. The number of para-hydroxylation sites is 1. The van der Waals surface area contributed by atoms with Crippen LogP contribution >= 0.6 is 0 Å². The highest BCUT2D eigenvalue weighted by Crippen LogP contribution is 2.27. The van der Waals surface area contributed by atoms with Crippen LogP contribution in [-0.4, -0.2) is 38.0 Å². The van der Waals surface area contributed by atoms with Gasteiger partial charge < -0.3 is 15.5 Å². The Kier molecular flexibility index (Phi) is 4.61. The van der Waals surface area contributed by atoms with Crippen molar-refractivity contribution in [2.45, 2.75) is 38.1 Å². The number of guanidine groups is 1. The number of hydrogen-bond acceptors (Lipinski definition) is 2. The molecule has 5 heteroatoms. The fourth-order valence-electron chi connectivity index (χ4n) is 3.31. The third-order valence-electron chi connectivity index (χ3n) is 4.51. The van der Waals surface area contributed by atoms with Crippen molar-refractivity contribution in [3.05, 3.63) is 29.8 Å². The molecule has 0 atom stereocenters. The van der Waals surface area contributed by atoms with Gasteiger partial charge in [-0.2, -0.15) is 0 Å². The Morgan fingerprint density at radius 3 is 2.86 bits per heavy atom. The molecule has 1 fully saturated rings. The lowest BCUT2D eigenvalue weighted by Gasteiger charge is -2.20. The third kappa shape index (κ3) is 3.24. The average molecular weight is 300 g/mol. The number of fused-ring (bicyclic) bond motifs is 1. The first-order valence-corrected chi connectivity index (χ1v) is 8.13. The van der Waals surface area contributed by atoms with Gasteiger partial charge in [0.05, 0.1) is 6.54 Å². The molecule has 3 rings (SSSR count). The molecule has 1 aliphatic heterocycles. The number of aliphatic imine (C=N–C) groups is 1. The summed E-state index contributed by atoms with van der Waals surface area (Å²) in [6.07, 6.45) is 5.87. The van der Waals surface area contributed by atoms with Crippen LogP contribution < -0.4 is 15.5 Å². The Hall–Kier alpha value is -2.04. The summed E-state index contributed by atoms with van der Waals surface area (Å²) >= 11 is 0. The molecule has 1 aliphatic carbocycles.